The van der Waals surface area contributed by atoms with Gasteiger partial charge in [0.1, 0.15) is 11.8 Å². The highest BCUT2D eigenvalue weighted by Gasteiger charge is 2.74. The SMILES string of the molecule is CCCCCNC(=O)C1N([C@@H](CO)CC(C)C)C(=O)[C@@H]2[C@@H](C(=O)Nc3ccc(OCC)cc3)[C@H]3CCC12S3. The average Bonchev–Trinajstić information content (AvgIpc) is 3.53. The monoisotopic (exact) mass is 545 g/mol. The molecule has 3 saturated heterocycles. The summed E-state index contributed by atoms with van der Waals surface area (Å²) in [6.07, 6.45) is 5.07. The molecule has 2 bridgehead atoms. The number of benzene rings is 1. The molecule has 1 aromatic carbocycles. The van der Waals surface area contributed by atoms with E-state index in [1.807, 2.05) is 19.1 Å². The predicted molar refractivity (Wildman–Crippen MR) is 150 cm³/mol. The Hall–Kier alpha value is -2.26. The van der Waals surface area contributed by atoms with Crippen molar-refractivity contribution in [2.75, 3.05) is 25.1 Å². The molecule has 2 unspecified atom stereocenters. The Morgan fingerprint density at radius 2 is 1.92 bits per heavy atom. The minimum absolute atomic E-state index is 0.0122. The van der Waals surface area contributed by atoms with Crippen LogP contribution in [0.4, 0.5) is 5.69 Å². The third-order valence-corrected chi connectivity index (χ3v) is 10.1. The van der Waals surface area contributed by atoms with Gasteiger partial charge in [-0.3, -0.25) is 14.4 Å². The molecule has 3 amide bonds. The lowest BCUT2D eigenvalue weighted by molar-refractivity contribution is -0.142. The van der Waals surface area contributed by atoms with E-state index in [0.717, 1.165) is 37.9 Å². The Kier molecular flexibility index (Phi) is 9.29. The second-order valence-corrected chi connectivity index (χ2v) is 12.8. The normalized spacial score (nSPS) is 28.5. The zero-order valence-electron chi connectivity index (χ0n) is 23.1. The molecule has 6 atom stereocenters. The van der Waals surface area contributed by atoms with Crippen LogP contribution in [0, 0.1) is 17.8 Å². The van der Waals surface area contributed by atoms with Crippen LogP contribution in [0.1, 0.15) is 66.2 Å². The summed E-state index contributed by atoms with van der Waals surface area (Å²) in [6.45, 7) is 9.06. The van der Waals surface area contributed by atoms with Crippen molar-refractivity contribution >= 4 is 35.2 Å². The van der Waals surface area contributed by atoms with Crippen molar-refractivity contribution in [1.29, 1.82) is 0 Å². The van der Waals surface area contributed by atoms with Crippen LogP contribution < -0.4 is 15.4 Å². The third kappa shape index (κ3) is 5.41. The predicted octanol–water partition coefficient (Wildman–Crippen LogP) is 3.83. The van der Waals surface area contributed by atoms with Crippen molar-refractivity contribution in [2.24, 2.45) is 17.8 Å². The first-order chi connectivity index (χ1) is 18.3. The summed E-state index contributed by atoms with van der Waals surface area (Å²) >= 11 is 1.65. The van der Waals surface area contributed by atoms with Crippen LogP contribution in [0.2, 0.25) is 0 Å². The summed E-state index contributed by atoms with van der Waals surface area (Å²) in [5.41, 5.74) is 0.654. The molecule has 3 aliphatic heterocycles. The minimum Gasteiger partial charge on any atom is -0.494 e. The van der Waals surface area contributed by atoms with Crippen molar-refractivity contribution in [1.82, 2.24) is 10.2 Å². The van der Waals surface area contributed by atoms with Gasteiger partial charge in [-0.2, -0.15) is 0 Å². The number of carbonyl (C=O) groups is 3. The molecule has 3 N–H and O–H groups in total. The number of amides is 3. The maximum absolute atomic E-state index is 14.2. The van der Waals surface area contributed by atoms with Crippen LogP contribution in [0.15, 0.2) is 24.3 Å². The second kappa shape index (κ2) is 12.3. The maximum Gasteiger partial charge on any atom is 0.244 e. The van der Waals surface area contributed by atoms with Gasteiger partial charge in [-0.05, 0) is 62.8 Å². The topological polar surface area (TPSA) is 108 Å². The summed E-state index contributed by atoms with van der Waals surface area (Å²) in [7, 11) is 0. The molecule has 8 nitrogen and oxygen atoms in total. The average molecular weight is 546 g/mol. The van der Waals surface area contributed by atoms with Gasteiger partial charge in [-0.1, -0.05) is 33.6 Å². The third-order valence-electron chi connectivity index (χ3n) is 8.15. The highest BCUT2D eigenvalue weighted by molar-refractivity contribution is 8.02. The maximum atomic E-state index is 14.2. The molecular weight excluding hydrogens is 502 g/mol. The second-order valence-electron chi connectivity index (χ2n) is 11.2. The number of nitrogens with one attached hydrogen (secondary N) is 2. The lowest BCUT2D eigenvalue weighted by Crippen LogP contribution is -2.56. The Labute approximate surface area is 230 Å². The summed E-state index contributed by atoms with van der Waals surface area (Å²) in [5.74, 6) is -0.628. The van der Waals surface area contributed by atoms with Crippen LogP contribution >= 0.6 is 11.8 Å². The number of thioether (sulfide) groups is 1. The van der Waals surface area contributed by atoms with Crippen LogP contribution in [0.25, 0.3) is 0 Å². The van der Waals surface area contributed by atoms with Gasteiger partial charge in [-0.25, -0.2) is 0 Å². The number of rotatable bonds is 13. The van der Waals surface area contributed by atoms with Gasteiger partial charge in [0.05, 0.1) is 35.8 Å². The van der Waals surface area contributed by atoms with Crippen molar-refractivity contribution in [2.45, 2.75) is 88.3 Å². The number of aliphatic hydroxyl groups excluding tert-OH is 1. The number of anilines is 1. The Balaban J connectivity index is 1.61. The molecule has 1 aromatic rings. The molecule has 38 heavy (non-hydrogen) atoms. The van der Waals surface area contributed by atoms with Crippen LogP contribution in [-0.4, -0.2) is 69.6 Å². The van der Waals surface area contributed by atoms with Gasteiger partial charge in [-0.15, -0.1) is 11.8 Å². The Morgan fingerprint density at radius 1 is 1.18 bits per heavy atom. The summed E-state index contributed by atoms with van der Waals surface area (Å²) in [6, 6.07) is 6.10. The first kappa shape index (κ1) is 28.7. The molecule has 0 radical (unpaired) electrons. The van der Waals surface area contributed by atoms with E-state index < -0.39 is 28.7 Å². The summed E-state index contributed by atoms with van der Waals surface area (Å²) in [4.78, 5) is 43.2. The fourth-order valence-corrected chi connectivity index (χ4v) is 8.82. The van der Waals surface area contributed by atoms with Gasteiger partial charge in [0.15, 0.2) is 0 Å². The lowest BCUT2D eigenvalue weighted by Gasteiger charge is -2.37. The standard InChI is InChI=1S/C29H43N3O5S/c1-5-7-8-15-30-27(35)25-29-14-13-22(38-29)23(24(29)28(36)32(25)20(17-33)16-18(3)4)26(34)31-19-9-11-21(12-10-19)37-6-2/h9-12,18,20,22-25,33H,5-8,13-17H2,1-4H3,(H,30,35)(H,31,34)/t20-,22-,23+,24+,25?,29?/m1/s1. The molecule has 0 saturated carbocycles. The van der Waals surface area contributed by atoms with Gasteiger partial charge in [0.2, 0.25) is 17.7 Å². The molecule has 3 fully saturated rings. The number of fused-ring (bicyclic) bond motifs is 1. The van der Waals surface area contributed by atoms with Crippen LogP contribution in [0.5, 0.6) is 5.75 Å². The largest absolute Gasteiger partial charge is 0.494 e. The van der Waals surface area contributed by atoms with Crippen molar-refractivity contribution in [3.8, 4) is 5.75 Å². The molecule has 3 aliphatic rings. The first-order valence-electron chi connectivity index (χ1n) is 14.2. The number of unbranched alkanes of at least 4 members (excludes halogenated alkanes) is 2. The number of nitrogens with zero attached hydrogens (tertiary/aromatic N) is 1. The fraction of sp³-hybridized carbons (Fsp3) is 0.690. The van der Waals surface area contributed by atoms with Gasteiger partial charge in [0.25, 0.3) is 0 Å². The molecule has 0 aliphatic carbocycles. The molecule has 210 valence electrons. The lowest BCUT2D eigenvalue weighted by atomic mass is 9.70. The minimum atomic E-state index is -0.684. The van der Waals surface area contributed by atoms with E-state index in [4.69, 9.17) is 4.74 Å². The number of hydrogen-bond donors (Lipinski definition) is 3. The van der Waals surface area contributed by atoms with E-state index in [0.29, 0.717) is 25.3 Å². The van der Waals surface area contributed by atoms with E-state index in [1.165, 1.54) is 0 Å². The quantitative estimate of drug-likeness (QED) is 0.325. The Bertz CT molecular complexity index is 1000. The number of likely N-dealkylation sites (tertiary alicyclic amines) is 1. The van der Waals surface area contributed by atoms with E-state index in [1.54, 1.807) is 28.8 Å². The number of ether oxygens (including phenoxy) is 1. The summed E-state index contributed by atoms with van der Waals surface area (Å²) in [5, 5.41) is 16.4. The fourth-order valence-electron chi connectivity index (χ4n) is 6.61. The van der Waals surface area contributed by atoms with E-state index in [9.17, 15) is 19.5 Å². The Morgan fingerprint density at radius 3 is 2.55 bits per heavy atom. The van der Waals surface area contributed by atoms with Crippen molar-refractivity contribution < 1.29 is 24.2 Å². The zero-order valence-corrected chi connectivity index (χ0v) is 23.9. The highest BCUT2D eigenvalue weighted by atomic mass is 32.2. The molecular formula is C29H43N3O5S. The van der Waals surface area contributed by atoms with E-state index in [2.05, 4.69) is 31.4 Å². The number of hydrogen-bond acceptors (Lipinski definition) is 6. The molecule has 3 heterocycles. The molecule has 1 spiro atoms. The zero-order chi connectivity index (χ0) is 27.4. The summed E-state index contributed by atoms with van der Waals surface area (Å²) < 4.78 is 4.85. The smallest absolute Gasteiger partial charge is 0.244 e. The van der Waals surface area contributed by atoms with Gasteiger partial charge in [0, 0.05) is 17.5 Å². The molecule has 0 aromatic heterocycles. The van der Waals surface area contributed by atoms with E-state index in [-0.39, 0.29) is 35.5 Å². The molecule has 4 rings (SSSR count). The number of aliphatic hydroxyl groups is 1. The van der Waals surface area contributed by atoms with E-state index >= 15 is 0 Å². The van der Waals surface area contributed by atoms with Crippen molar-refractivity contribution in [3.63, 3.8) is 0 Å². The van der Waals surface area contributed by atoms with Crippen LogP contribution in [0.3, 0.4) is 0 Å². The molecule has 9 heteroatoms. The first-order valence-corrected chi connectivity index (χ1v) is 15.1. The highest BCUT2D eigenvalue weighted by Crippen LogP contribution is 2.66. The number of carbonyl (C=O) groups excluding carboxylic acids is 3. The van der Waals surface area contributed by atoms with Crippen LogP contribution in [-0.2, 0) is 14.4 Å². The van der Waals surface area contributed by atoms with Gasteiger partial charge >= 0.3 is 0 Å². The van der Waals surface area contributed by atoms with Crippen molar-refractivity contribution in [3.05, 3.63) is 24.3 Å². The van der Waals surface area contributed by atoms with Gasteiger partial charge < -0.3 is 25.4 Å².